The molecule has 2 aromatic rings. The maximum atomic E-state index is 12.0. The second-order valence-electron chi connectivity index (χ2n) is 10.5. The molecule has 1 saturated heterocycles. The standard InChI is InChI=1S/C24H45N6O18P3/c25-3-1-5-40-7-9-42-11-13-44-14-12-43-10-8-41-6-2-4-26-22-19-23(28-16-27-22)30(17-29-19)24-21(32)20(31)18(46-24)15-45-50(36,37)48-51(38,39)47-49(33,34)35/h16-18,20-21,24,31-32H,1-15,25H2,(H,36,37)(H,38,39)(H,26,27,28)(H2,33,34,35)/t18-,20+,21?,24-/m1/s1. The molecule has 0 amide bonds. The van der Waals surface area contributed by atoms with Crippen molar-refractivity contribution in [1.29, 1.82) is 0 Å². The van der Waals surface area contributed by atoms with Crippen LogP contribution >= 0.6 is 23.5 Å². The molecule has 0 aliphatic carbocycles. The number of ether oxygens (including phenoxy) is 6. The van der Waals surface area contributed by atoms with E-state index in [1.165, 1.54) is 17.2 Å². The molecule has 0 spiro atoms. The highest BCUT2D eigenvalue weighted by Gasteiger charge is 2.47. The molecule has 1 aliphatic rings. The second kappa shape index (κ2) is 21.9. The Kier molecular flexibility index (Phi) is 18.8. The summed E-state index contributed by atoms with van der Waals surface area (Å²) in [6.07, 6.45) is -2.19. The lowest BCUT2D eigenvalue weighted by Crippen LogP contribution is -2.33. The van der Waals surface area contributed by atoms with Gasteiger partial charge in [-0.2, -0.15) is 8.62 Å². The van der Waals surface area contributed by atoms with Crippen LogP contribution in [0.2, 0.25) is 0 Å². The summed E-state index contributed by atoms with van der Waals surface area (Å²) in [6.45, 7) is 4.78. The molecule has 0 aromatic carbocycles. The molecule has 0 bridgehead atoms. The summed E-state index contributed by atoms with van der Waals surface area (Å²) in [6, 6.07) is 0. The molecule has 2 aromatic heterocycles. The summed E-state index contributed by atoms with van der Waals surface area (Å²) in [5.41, 5.74) is 5.89. The first kappa shape index (κ1) is 43.8. The van der Waals surface area contributed by atoms with E-state index in [9.17, 15) is 33.7 Å². The van der Waals surface area contributed by atoms with E-state index in [1.54, 1.807) is 0 Å². The normalized spacial score (nSPS) is 21.9. The SMILES string of the molecule is NCCCOCCOCCOCCOCCOCCCNc1ncnc2c1ncn2[C@@H]1O[C@H](COP(=O)(O)OP(=O)(O)OP(=O)(O)O)[C@H](O)C1O. The first-order chi connectivity index (χ1) is 24.2. The van der Waals surface area contributed by atoms with E-state index in [0.717, 1.165) is 6.42 Å². The van der Waals surface area contributed by atoms with Crippen LogP contribution in [0.1, 0.15) is 19.1 Å². The molecule has 3 heterocycles. The van der Waals surface area contributed by atoms with Crippen LogP contribution in [-0.2, 0) is 55.3 Å². The zero-order valence-corrected chi connectivity index (χ0v) is 30.0. The number of nitrogens with zero attached hydrogens (tertiary/aromatic N) is 4. The summed E-state index contributed by atoms with van der Waals surface area (Å²) in [7, 11) is -16.8. The minimum atomic E-state index is -5.75. The number of nitrogens with two attached hydrogens (primary N) is 1. The average Bonchev–Trinajstić information content (AvgIpc) is 3.60. The lowest BCUT2D eigenvalue weighted by molar-refractivity contribution is -0.0503. The van der Waals surface area contributed by atoms with Crippen molar-refractivity contribution >= 4 is 40.4 Å². The van der Waals surface area contributed by atoms with Crippen molar-refractivity contribution in [3.05, 3.63) is 12.7 Å². The molecule has 51 heavy (non-hydrogen) atoms. The van der Waals surface area contributed by atoms with Crippen molar-refractivity contribution in [2.45, 2.75) is 37.4 Å². The van der Waals surface area contributed by atoms with Gasteiger partial charge in [-0.05, 0) is 19.4 Å². The lowest BCUT2D eigenvalue weighted by atomic mass is 10.1. The molecule has 3 rings (SSSR count). The number of anilines is 1. The Bertz CT molecular complexity index is 1450. The van der Waals surface area contributed by atoms with Gasteiger partial charge < -0.3 is 69.3 Å². The Labute approximate surface area is 291 Å². The number of rotatable bonds is 28. The van der Waals surface area contributed by atoms with E-state index in [1.807, 2.05) is 0 Å². The van der Waals surface area contributed by atoms with Crippen molar-refractivity contribution in [3.63, 3.8) is 0 Å². The van der Waals surface area contributed by atoms with Crippen LogP contribution < -0.4 is 11.1 Å². The maximum Gasteiger partial charge on any atom is 0.490 e. The Morgan fingerprint density at radius 1 is 0.765 bits per heavy atom. The summed E-state index contributed by atoms with van der Waals surface area (Å²) in [5, 5.41) is 24.2. The maximum absolute atomic E-state index is 12.0. The van der Waals surface area contributed by atoms with Crippen LogP contribution in [0.3, 0.4) is 0 Å². The zero-order chi connectivity index (χ0) is 37.3. The molecule has 294 valence electrons. The van der Waals surface area contributed by atoms with Crippen molar-refractivity contribution < 1.29 is 85.0 Å². The van der Waals surface area contributed by atoms with Gasteiger partial charge in [-0.25, -0.2) is 28.6 Å². The van der Waals surface area contributed by atoms with Gasteiger partial charge in [0.2, 0.25) is 0 Å². The fourth-order valence-corrected chi connectivity index (χ4v) is 7.31. The predicted molar refractivity (Wildman–Crippen MR) is 172 cm³/mol. The van der Waals surface area contributed by atoms with Crippen molar-refractivity contribution in [2.75, 3.05) is 91.1 Å². The zero-order valence-electron chi connectivity index (χ0n) is 27.4. The summed E-state index contributed by atoms with van der Waals surface area (Å²) in [5.74, 6) is 0.362. The second-order valence-corrected chi connectivity index (χ2v) is 14.9. The van der Waals surface area contributed by atoms with Gasteiger partial charge in [-0.3, -0.25) is 9.09 Å². The Morgan fingerprint density at radius 3 is 1.90 bits per heavy atom. The third-order valence-electron chi connectivity index (χ3n) is 6.53. The van der Waals surface area contributed by atoms with Gasteiger partial charge >= 0.3 is 23.5 Å². The highest BCUT2D eigenvalue weighted by atomic mass is 31.3. The van der Waals surface area contributed by atoms with Crippen molar-refractivity contribution in [1.82, 2.24) is 19.5 Å². The largest absolute Gasteiger partial charge is 0.490 e. The Morgan fingerprint density at radius 2 is 1.33 bits per heavy atom. The van der Waals surface area contributed by atoms with Gasteiger partial charge in [-0.1, -0.05) is 0 Å². The number of aliphatic hydroxyl groups excluding tert-OH is 2. The summed E-state index contributed by atoms with van der Waals surface area (Å²) < 4.78 is 80.2. The van der Waals surface area contributed by atoms with Gasteiger partial charge in [0.05, 0.1) is 65.8 Å². The van der Waals surface area contributed by atoms with E-state index in [4.69, 9.17) is 43.9 Å². The molecule has 1 fully saturated rings. The fourth-order valence-electron chi connectivity index (χ4n) is 4.28. The Hall–Kier alpha value is -1.60. The molecule has 0 saturated carbocycles. The number of aromatic nitrogens is 4. The van der Waals surface area contributed by atoms with E-state index < -0.39 is 54.6 Å². The molecule has 9 N–H and O–H groups in total. The third kappa shape index (κ3) is 16.1. The number of hydrogen-bond acceptors (Lipinski definition) is 19. The number of nitrogens with one attached hydrogen (secondary N) is 1. The monoisotopic (exact) mass is 798 g/mol. The molecule has 6 atom stereocenters. The van der Waals surface area contributed by atoms with Gasteiger partial charge in [0.25, 0.3) is 0 Å². The molecule has 27 heteroatoms. The Balaban J connectivity index is 1.33. The molecular weight excluding hydrogens is 753 g/mol. The van der Waals surface area contributed by atoms with E-state index in [-0.39, 0.29) is 5.65 Å². The van der Waals surface area contributed by atoms with Crippen LogP contribution in [0.25, 0.3) is 11.2 Å². The van der Waals surface area contributed by atoms with E-state index >= 15 is 0 Å². The average molecular weight is 799 g/mol. The predicted octanol–water partition coefficient (Wildman–Crippen LogP) is -0.977. The van der Waals surface area contributed by atoms with Crippen molar-refractivity contribution in [2.24, 2.45) is 5.73 Å². The van der Waals surface area contributed by atoms with Crippen LogP contribution in [0.5, 0.6) is 0 Å². The third-order valence-corrected chi connectivity index (χ3v) is 10.3. The molecule has 24 nitrogen and oxygen atoms in total. The smallest absolute Gasteiger partial charge is 0.387 e. The first-order valence-corrected chi connectivity index (χ1v) is 20.1. The van der Waals surface area contributed by atoms with Crippen LogP contribution in [-0.4, -0.2) is 153 Å². The number of phosphoric ester groups is 1. The first-order valence-electron chi connectivity index (χ1n) is 15.5. The fraction of sp³-hybridized carbons (Fsp3) is 0.792. The van der Waals surface area contributed by atoms with E-state index in [2.05, 4.69) is 33.4 Å². The van der Waals surface area contributed by atoms with E-state index in [0.29, 0.717) is 96.9 Å². The van der Waals surface area contributed by atoms with Gasteiger partial charge in [0.15, 0.2) is 23.2 Å². The number of imidazole rings is 1. The molecule has 0 radical (unpaired) electrons. The highest BCUT2D eigenvalue weighted by molar-refractivity contribution is 7.66. The lowest BCUT2D eigenvalue weighted by Gasteiger charge is -2.19. The highest BCUT2D eigenvalue weighted by Crippen LogP contribution is 2.66. The minimum absolute atomic E-state index is 0.200. The van der Waals surface area contributed by atoms with Crippen LogP contribution in [0.4, 0.5) is 5.82 Å². The van der Waals surface area contributed by atoms with Crippen LogP contribution in [0.15, 0.2) is 12.7 Å². The molecule has 1 aliphatic heterocycles. The number of fused-ring (bicyclic) bond motifs is 1. The van der Waals surface area contributed by atoms with Gasteiger partial charge in [0, 0.05) is 19.8 Å². The van der Waals surface area contributed by atoms with Crippen molar-refractivity contribution in [3.8, 4) is 0 Å². The van der Waals surface area contributed by atoms with Gasteiger partial charge in [0.1, 0.15) is 24.6 Å². The molecule has 3 unspecified atom stereocenters. The van der Waals surface area contributed by atoms with Crippen LogP contribution in [0, 0.1) is 0 Å². The summed E-state index contributed by atoms with van der Waals surface area (Å²) >= 11 is 0. The topological polar surface area (TPSA) is 337 Å². The summed E-state index contributed by atoms with van der Waals surface area (Å²) in [4.78, 5) is 48.8. The van der Waals surface area contributed by atoms with Gasteiger partial charge in [-0.15, -0.1) is 0 Å². The quantitative estimate of drug-likeness (QED) is 0.0379. The number of aliphatic hydroxyl groups is 2. The number of phosphoric acid groups is 3. The number of hydrogen-bond donors (Lipinski definition) is 8. The minimum Gasteiger partial charge on any atom is -0.387 e. The molecular formula is C24H45N6O18P3.